The fourth-order valence-electron chi connectivity index (χ4n) is 2.10. The van der Waals surface area contributed by atoms with Gasteiger partial charge in [0.1, 0.15) is 0 Å². The number of alkyl halides is 6. The highest BCUT2D eigenvalue weighted by Gasteiger charge is 2.49. The van der Waals surface area contributed by atoms with Gasteiger partial charge in [0.05, 0.1) is 17.3 Å². The van der Waals surface area contributed by atoms with E-state index in [-0.39, 0.29) is 11.1 Å². The molecular weight excluding hydrogens is 326 g/mol. The third-order valence-electron chi connectivity index (χ3n) is 3.98. The van der Waals surface area contributed by atoms with Crippen molar-refractivity contribution in [1.82, 2.24) is 0 Å². The summed E-state index contributed by atoms with van der Waals surface area (Å²) in [6.45, 7) is 2.61. The van der Waals surface area contributed by atoms with Crippen molar-refractivity contribution in [2.45, 2.75) is 44.5 Å². The molecular formula is C15H16F6O2. The molecule has 0 fully saturated rings. The van der Waals surface area contributed by atoms with E-state index in [0.29, 0.717) is 0 Å². The number of rotatable bonds is 4. The van der Waals surface area contributed by atoms with Crippen LogP contribution in [0.1, 0.15) is 37.8 Å². The second-order valence-electron chi connectivity index (χ2n) is 5.89. The number of hydrogen-bond acceptors (Lipinski definition) is 1. The van der Waals surface area contributed by atoms with Crippen LogP contribution in [0.3, 0.4) is 0 Å². The summed E-state index contributed by atoms with van der Waals surface area (Å²) >= 11 is 0. The van der Waals surface area contributed by atoms with Gasteiger partial charge in [-0.2, -0.15) is 26.3 Å². The van der Waals surface area contributed by atoms with Crippen LogP contribution in [0.5, 0.6) is 0 Å². The van der Waals surface area contributed by atoms with Crippen LogP contribution in [0.2, 0.25) is 0 Å². The Balaban J connectivity index is 3.23. The van der Waals surface area contributed by atoms with E-state index in [1.807, 2.05) is 0 Å². The van der Waals surface area contributed by atoms with Crippen LogP contribution in [0, 0.1) is 5.92 Å². The molecule has 130 valence electrons. The summed E-state index contributed by atoms with van der Waals surface area (Å²) in [7, 11) is 0. The lowest BCUT2D eigenvalue weighted by molar-refractivity contribution is -0.183. The average Bonchev–Trinajstić information content (AvgIpc) is 2.36. The van der Waals surface area contributed by atoms with Crippen molar-refractivity contribution in [3.05, 3.63) is 35.4 Å². The third-order valence-corrected chi connectivity index (χ3v) is 3.98. The quantitative estimate of drug-likeness (QED) is 0.791. The molecule has 2 nitrogen and oxygen atoms in total. The van der Waals surface area contributed by atoms with Crippen LogP contribution in [0.4, 0.5) is 26.3 Å². The first-order chi connectivity index (χ1) is 10.2. The molecule has 0 aromatic heterocycles. The van der Waals surface area contributed by atoms with E-state index in [0.717, 1.165) is 45.0 Å². The third kappa shape index (κ3) is 3.97. The Labute approximate surface area is 129 Å². The number of halogens is 6. The van der Waals surface area contributed by atoms with E-state index >= 15 is 0 Å². The minimum Gasteiger partial charge on any atom is -0.481 e. The summed E-state index contributed by atoms with van der Waals surface area (Å²) in [6, 6.07) is 4.04. The Morgan fingerprint density at radius 3 is 1.74 bits per heavy atom. The van der Waals surface area contributed by atoms with E-state index in [9.17, 15) is 31.1 Å². The van der Waals surface area contributed by atoms with Gasteiger partial charge in [0, 0.05) is 0 Å². The Kier molecular flexibility index (Phi) is 5.08. The highest BCUT2D eigenvalue weighted by Crippen LogP contribution is 2.42. The number of benzene rings is 1. The van der Waals surface area contributed by atoms with Gasteiger partial charge in [0.25, 0.3) is 0 Å². The molecule has 0 bridgehead atoms. The molecule has 0 amide bonds. The van der Waals surface area contributed by atoms with Crippen molar-refractivity contribution in [2.24, 2.45) is 5.92 Å². The Morgan fingerprint density at radius 1 is 1.00 bits per heavy atom. The SMILES string of the molecule is C[C@H]([C@H](C(=O)O)c1ccc(C(C)(C)C(F)(F)F)cc1)C(F)(F)F. The lowest BCUT2D eigenvalue weighted by Crippen LogP contribution is -2.36. The maximum Gasteiger partial charge on any atom is 0.397 e. The summed E-state index contributed by atoms with van der Waals surface area (Å²) in [5.74, 6) is -5.72. The van der Waals surface area contributed by atoms with Crippen LogP contribution in [-0.2, 0) is 10.2 Å². The number of carbonyl (C=O) groups is 1. The van der Waals surface area contributed by atoms with Crippen LogP contribution in [-0.4, -0.2) is 23.4 Å². The second kappa shape index (κ2) is 6.05. The number of hydrogen-bond donors (Lipinski definition) is 1. The predicted octanol–water partition coefficient (Wildman–Crippen LogP) is 4.89. The zero-order chi connectivity index (χ0) is 18.2. The van der Waals surface area contributed by atoms with Crippen LogP contribution >= 0.6 is 0 Å². The molecule has 0 spiro atoms. The lowest BCUT2D eigenvalue weighted by Gasteiger charge is -2.29. The minimum absolute atomic E-state index is 0.155. The Bertz CT molecular complexity index is 557. The lowest BCUT2D eigenvalue weighted by atomic mass is 9.81. The van der Waals surface area contributed by atoms with E-state index in [2.05, 4.69) is 0 Å². The second-order valence-corrected chi connectivity index (χ2v) is 5.89. The molecule has 1 rings (SSSR count). The van der Waals surface area contributed by atoms with Crippen LogP contribution in [0.15, 0.2) is 24.3 Å². The van der Waals surface area contributed by atoms with Gasteiger partial charge in [-0.25, -0.2) is 0 Å². The molecule has 0 aliphatic heterocycles. The van der Waals surface area contributed by atoms with Crippen molar-refractivity contribution >= 4 is 5.97 Å². The van der Waals surface area contributed by atoms with Crippen molar-refractivity contribution < 1.29 is 36.2 Å². The smallest absolute Gasteiger partial charge is 0.397 e. The van der Waals surface area contributed by atoms with E-state index < -0.39 is 35.6 Å². The van der Waals surface area contributed by atoms with Gasteiger partial charge in [0.2, 0.25) is 0 Å². The first-order valence-electron chi connectivity index (χ1n) is 6.66. The van der Waals surface area contributed by atoms with Crippen molar-refractivity contribution in [1.29, 1.82) is 0 Å². The molecule has 0 aliphatic rings. The Hall–Kier alpha value is -1.73. The van der Waals surface area contributed by atoms with Gasteiger partial charge < -0.3 is 5.11 Å². The molecule has 1 N–H and O–H groups in total. The maximum absolute atomic E-state index is 12.9. The van der Waals surface area contributed by atoms with Crippen molar-refractivity contribution in [3.63, 3.8) is 0 Å². The van der Waals surface area contributed by atoms with Gasteiger partial charge >= 0.3 is 18.3 Å². The summed E-state index contributed by atoms with van der Waals surface area (Å²) in [6.07, 6.45) is -9.27. The summed E-state index contributed by atoms with van der Waals surface area (Å²) < 4.78 is 77.1. The molecule has 0 saturated carbocycles. The van der Waals surface area contributed by atoms with Gasteiger partial charge in [0.15, 0.2) is 0 Å². The van der Waals surface area contributed by atoms with Crippen LogP contribution in [0.25, 0.3) is 0 Å². The Morgan fingerprint density at radius 2 is 1.43 bits per heavy atom. The molecule has 1 aromatic rings. The fourth-order valence-corrected chi connectivity index (χ4v) is 2.10. The van der Waals surface area contributed by atoms with Gasteiger partial charge in [-0.15, -0.1) is 0 Å². The van der Waals surface area contributed by atoms with Gasteiger partial charge in [-0.05, 0) is 25.0 Å². The monoisotopic (exact) mass is 342 g/mol. The molecule has 23 heavy (non-hydrogen) atoms. The maximum atomic E-state index is 12.9. The molecule has 0 heterocycles. The average molecular weight is 342 g/mol. The first kappa shape index (κ1) is 19.3. The molecule has 1 aromatic carbocycles. The highest BCUT2D eigenvalue weighted by molar-refractivity contribution is 5.76. The van der Waals surface area contributed by atoms with E-state index in [4.69, 9.17) is 5.11 Å². The molecule has 8 heteroatoms. The van der Waals surface area contributed by atoms with Crippen LogP contribution < -0.4 is 0 Å². The van der Waals surface area contributed by atoms with E-state index in [1.165, 1.54) is 0 Å². The molecule has 0 radical (unpaired) electrons. The molecule has 2 atom stereocenters. The molecule has 0 unspecified atom stereocenters. The highest BCUT2D eigenvalue weighted by atomic mass is 19.4. The summed E-state index contributed by atoms with van der Waals surface area (Å²) in [4.78, 5) is 11.1. The standard InChI is InChI=1S/C15H16F6O2/c1-8(14(16,17)18)11(12(22)23)9-4-6-10(7-5-9)13(2,3)15(19,20)21/h4-8,11H,1-3H3,(H,22,23)/t8-,11+/m1/s1. The van der Waals surface area contributed by atoms with E-state index in [1.54, 1.807) is 0 Å². The molecule has 0 saturated heterocycles. The largest absolute Gasteiger partial charge is 0.481 e. The number of aliphatic carboxylic acids is 1. The summed E-state index contributed by atoms with van der Waals surface area (Å²) in [5, 5.41) is 9.04. The first-order valence-corrected chi connectivity index (χ1v) is 6.66. The number of carboxylic acids is 1. The topological polar surface area (TPSA) is 37.3 Å². The van der Waals surface area contributed by atoms with Gasteiger partial charge in [-0.3, -0.25) is 4.79 Å². The van der Waals surface area contributed by atoms with Crippen molar-refractivity contribution in [2.75, 3.05) is 0 Å². The minimum atomic E-state index is -4.73. The number of carboxylic acid groups (broad SMARTS) is 1. The predicted molar refractivity (Wildman–Crippen MR) is 71.1 cm³/mol. The normalized spacial score (nSPS) is 16.0. The zero-order valence-corrected chi connectivity index (χ0v) is 12.6. The van der Waals surface area contributed by atoms with Crippen molar-refractivity contribution in [3.8, 4) is 0 Å². The fraction of sp³-hybridized carbons (Fsp3) is 0.533. The summed E-state index contributed by atoms with van der Waals surface area (Å²) in [5.41, 5.74) is -2.54. The molecule has 0 aliphatic carbocycles. The zero-order valence-electron chi connectivity index (χ0n) is 12.6. The van der Waals surface area contributed by atoms with Gasteiger partial charge in [-0.1, -0.05) is 31.2 Å².